The fraction of sp³-hybridized carbons (Fsp3) is 0.0588. The normalized spacial score (nSPS) is 12.6. The van der Waals surface area contributed by atoms with Crippen LogP contribution in [-0.4, -0.2) is 17.9 Å². The summed E-state index contributed by atoms with van der Waals surface area (Å²) in [6.45, 7) is 0. The molecule has 116 valence electrons. The number of rotatable bonds is 4. The number of aromatic amines is 1. The molecule has 0 saturated carbocycles. The van der Waals surface area contributed by atoms with E-state index in [-0.39, 0.29) is 17.1 Å². The van der Waals surface area contributed by atoms with Gasteiger partial charge in [-0.3, -0.25) is 9.59 Å². The number of hydrogen-bond donors (Lipinski definition) is 1. The van der Waals surface area contributed by atoms with Gasteiger partial charge in [0.2, 0.25) is 5.78 Å². The Balaban J connectivity index is 1.99. The molecule has 2 heterocycles. The second kappa shape index (κ2) is 6.50. The van der Waals surface area contributed by atoms with Crippen LogP contribution < -0.4 is 19.5 Å². The molecule has 6 heteroatoms. The molecule has 0 spiro atoms. The van der Waals surface area contributed by atoms with Crippen molar-refractivity contribution in [3.63, 3.8) is 0 Å². The molecule has 3 rings (SSSR count). The number of nitrogens with one attached hydrogen (secondary N) is 1. The van der Waals surface area contributed by atoms with Crippen LogP contribution >= 0.6 is 11.3 Å². The molecule has 0 amide bonds. The fourth-order valence-electron chi connectivity index (χ4n) is 2.02. The van der Waals surface area contributed by atoms with Crippen molar-refractivity contribution in [3.8, 4) is 5.75 Å². The Morgan fingerprint density at radius 3 is 2.91 bits per heavy atom. The maximum absolute atomic E-state index is 12.0. The zero-order valence-corrected chi connectivity index (χ0v) is 13.1. The lowest BCUT2D eigenvalue weighted by Crippen LogP contribution is -2.19. The lowest BCUT2D eigenvalue weighted by atomic mass is 10.2. The van der Waals surface area contributed by atoms with Gasteiger partial charge in [0.05, 0.1) is 22.6 Å². The Kier molecular flexibility index (Phi) is 4.25. The summed E-state index contributed by atoms with van der Waals surface area (Å²) in [5.41, 5.74) is 0.608. The van der Waals surface area contributed by atoms with Crippen molar-refractivity contribution in [1.29, 1.82) is 0 Å². The van der Waals surface area contributed by atoms with E-state index in [1.807, 2.05) is 24.3 Å². The van der Waals surface area contributed by atoms with E-state index in [0.717, 1.165) is 5.56 Å². The molecule has 1 aromatic carbocycles. The van der Waals surface area contributed by atoms with Gasteiger partial charge >= 0.3 is 0 Å². The summed E-state index contributed by atoms with van der Waals surface area (Å²) in [6.07, 6.45) is 4.54. The van der Waals surface area contributed by atoms with Gasteiger partial charge in [-0.2, -0.15) is 0 Å². The molecule has 0 saturated heterocycles. The molecule has 0 aliphatic rings. The van der Waals surface area contributed by atoms with E-state index in [1.165, 1.54) is 23.7 Å². The molecule has 0 radical (unpaired) electrons. The first kappa shape index (κ1) is 15.1. The van der Waals surface area contributed by atoms with E-state index >= 15 is 0 Å². The van der Waals surface area contributed by atoms with E-state index in [4.69, 9.17) is 9.15 Å². The first-order valence-corrected chi connectivity index (χ1v) is 7.62. The molecule has 0 unspecified atom stereocenters. The molecule has 0 aliphatic heterocycles. The van der Waals surface area contributed by atoms with Gasteiger partial charge in [-0.1, -0.05) is 12.1 Å². The van der Waals surface area contributed by atoms with Crippen LogP contribution in [0.15, 0.2) is 51.9 Å². The van der Waals surface area contributed by atoms with E-state index in [1.54, 1.807) is 25.3 Å². The standard InChI is InChI=1S/C17H13NO4S/c1-21-12-5-2-4-11(8-12)9-15-17(20)18-16(23-15)10-13(19)14-6-3-7-22-14/h2-10H,1H3,(H,18,20)/b15-9-,16-10-. The molecular formula is C17H13NO4S. The highest BCUT2D eigenvalue weighted by molar-refractivity contribution is 7.07. The van der Waals surface area contributed by atoms with Crippen LogP contribution in [0.1, 0.15) is 16.1 Å². The quantitative estimate of drug-likeness (QED) is 0.738. The topological polar surface area (TPSA) is 72.3 Å². The molecule has 2 aromatic heterocycles. The first-order valence-electron chi connectivity index (χ1n) is 6.80. The molecule has 23 heavy (non-hydrogen) atoms. The minimum absolute atomic E-state index is 0.234. The monoisotopic (exact) mass is 327 g/mol. The largest absolute Gasteiger partial charge is 0.497 e. The molecular weight excluding hydrogens is 314 g/mol. The smallest absolute Gasteiger partial charge is 0.266 e. The highest BCUT2D eigenvalue weighted by Gasteiger charge is 2.05. The number of H-pyrrole nitrogens is 1. The Morgan fingerprint density at radius 2 is 2.17 bits per heavy atom. The minimum atomic E-state index is -0.291. The Morgan fingerprint density at radius 1 is 1.30 bits per heavy atom. The number of ketones is 1. The molecule has 0 atom stereocenters. The van der Waals surface area contributed by atoms with Crippen LogP contribution in [0.4, 0.5) is 0 Å². The number of hydrogen-bond acceptors (Lipinski definition) is 5. The van der Waals surface area contributed by atoms with Crippen LogP contribution in [0.3, 0.4) is 0 Å². The Labute approximate surface area is 135 Å². The zero-order chi connectivity index (χ0) is 16.2. The van der Waals surface area contributed by atoms with Crippen LogP contribution in [0, 0.1) is 0 Å². The third-order valence-electron chi connectivity index (χ3n) is 3.10. The summed E-state index contributed by atoms with van der Waals surface area (Å²) in [4.78, 5) is 26.6. The van der Waals surface area contributed by atoms with E-state index in [9.17, 15) is 9.59 Å². The Hall–Kier alpha value is -2.86. The average molecular weight is 327 g/mol. The van der Waals surface area contributed by atoms with Crippen LogP contribution in [0.5, 0.6) is 5.75 Å². The number of Topliss-reactive ketones (excluding diaryl/α,β-unsaturated/α-hetero) is 1. The average Bonchev–Trinajstić information content (AvgIpc) is 3.18. The fourth-order valence-corrected chi connectivity index (χ4v) is 2.90. The predicted molar refractivity (Wildman–Crippen MR) is 88.3 cm³/mol. The zero-order valence-electron chi connectivity index (χ0n) is 12.2. The number of furan rings is 1. The van der Waals surface area contributed by atoms with Crippen molar-refractivity contribution in [2.24, 2.45) is 0 Å². The van der Waals surface area contributed by atoms with Crippen molar-refractivity contribution in [2.75, 3.05) is 7.11 Å². The second-order valence-electron chi connectivity index (χ2n) is 4.69. The molecule has 5 nitrogen and oxygen atoms in total. The Bertz CT molecular complexity index is 996. The molecule has 0 bridgehead atoms. The van der Waals surface area contributed by atoms with Crippen molar-refractivity contribution in [3.05, 3.63) is 73.5 Å². The first-order chi connectivity index (χ1) is 11.2. The van der Waals surface area contributed by atoms with Crippen molar-refractivity contribution >= 4 is 29.3 Å². The minimum Gasteiger partial charge on any atom is -0.497 e. The van der Waals surface area contributed by atoms with Crippen LogP contribution in [0.2, 0.25) is 0 Å². The number of carbonyl (C=O) groups is 1. The highest BCUT2D eigenvalue weighted by Crippen LogP contribution is 2.12. The predicted octanol–water partition coefficient (Wildman–Crippen LogP) is 1.53. The van der Waals surface area contributed by atoms with E-state index < -0.39 is 0 Å². The summed E-state index contributed by atoms with van der Waals surface area (Å²) in [5, 5.41) is 0. The summed E-state index contributed by atoms with van der Waals surface area (Å²) in [5.74, 6) is 0.657. The molecule has 0 aliphatic carbocycles. The second-order valence-corrected chi connectivity index (χ2v) is 5.78. The van der Waals surface area contributed by atoms with Gasteiger partial charge in [-0.05, 0) is 35.9 Å². The SMILES string of the molecule is COc1cccc(/C=c2\s/c(=C\C(=O)c3ccco3)[nH]c2=O)c1. The number of methoxy groups -OCH3 is 1. The van der Waals surface area contributed by atoms with E-state index in [2.05, 4.69) is 4.98 Å². The van der Waals surface area contributed by atoms with Crippen molar-refractivity contribution in [2.45, 2.75) is 0 Å². The maximum Gasteiger partial charge on any atom is 0.266 e. The number of carbonyl (C=O) groups excluding carboxylic acids is 1. The molecule has 0 fully saturated rings. The van der Waals surface area contributed by atoms with Gasteiger partial charge in [0, 0.05) is 6.08 Å². The van der Waals surface area contributed by atoms with Gasteiger partial charge in [0.25, 0.3) is 5.56 Å². The van der Waals surface area contributed by atoms with Crippen molar-refractivity contribution in [1.82, 2.24) is 4.98 Å². The van der Waals surface area contributed by atoms with Crippen molar-refractivity contribution < 1.29 is 13.9 Å². The van der Waals surface area contributed by atoms with E-state index in [0.29, 0.717) is 14.9 Å². The van der Waals surface area contributed by atoms with Crippen LogP contribution in [-0.2, 0) is 0 Å². The van der Waals surface area contributed by atoms with Gasteiger partial charge in [-0.25, -0.2) is 0 Å². The highest BCUT2D eigenvalue weighted by atomic mass is 32.1. The van der Waals surface area contributed by atoms with Gasteiger partial charge < -0.3 is 14.1 Å². The van der Waals surface area contributed by atoms with Gasteiger partial charge in [0.1, 0.15) is 5.75 Å². The number of benzene rings is 1. The third kappa shape index (κ3) is 3.49. The number of ether oxygens (including phenoxy) is 1. The summed E-state index contributed by atoms with van der Waals surface area (Å²) in [6, 6.07) is 10.6. The molecule has 1 N–H and O–H groups in total. The number of aromatic nitrogens is 1. The summed E-state index contributed by atoms with van der Waals surface area (Å²) < 4.78 is 11.2. The maximum atomic E-state index is 12.0. The number of thiazole rings is 1. The third-order valence-corrected chi connectivity index (χ3v) is 4.06. The van der Waals surface area contributed by atoms with Gasteiger partial charge in [0.15, 0.2) is 5.76 Å². The lowest BCUT2D eigenvalue weighted by molar-refractivity contribution is 0.103. The summed E-state index contributed by atoms with van der Waals surface area (Å²) >= 11 is 1.21. The van der Waals surface area contributed by atoms with Gasteiger partial charge in [-0.15, -0.1) is 11.3 Å². The molecule has 3 aromatic rings. The summed E-state index contributed by atoms with van der Waals surface area (Å²) in [7, 11) is 1.59. The van der Waals surface area contributed by atoms with Crippen LogP contribution in [0.25, 0.3) is 12.2 Å². The lowest BCUT2D eigenvalue weighted by Gasteiger charge is -1.99.